The predicted octanol–water partition coefficient (Wildman–Crippen LogP) is 5.82. The fraction of sp³-hybridized carbons (Fsp3) is 0.125. The number of carbonyl (C=O) groups is 1. The van der Waals surface area contributed by atoms with Gasteiger partial charge in [-0.15, -0.1) is 0 Å². The van der Waals surface area contributed by atoms with Crippen molar-refractivity contribution in [3.8, 4) is 11.5 Å². The van der Waals surface area contributed by atoms with Crippen molar-refractivity contribution in [1.29, 1.82) is 0 Å². The first kappa shape index (κ1) is 20.1. The van der Waals surface area contributed by atoms with Crippen LogP contribution in [-0.4, -0.2) is 12.6 Å². The minimum atomic E-state index is -0.514. The molecular formula is C24H18ClFO4. The highest BCUT2D eigenvalue weighted by atomic mass is 35.5. The summed E-state index contributed by atoms with van der Waals surface area (Å²) < 4.78 is 30.4. The minimum absolute atomic E-state index is 0.130. The largest absolute Gasteiger partial charge is 0.488 e. The van der Waals surface area contributed by atoms with Crippen LogP contribution in [0.25, 0.3) is 6.08 Å². The lowest BCUT2D eigenvalue weighted by molar-refractivity contribution is -0.0165. The predicted molar refractivity (Wildman–Crippen MR) is 112 cm³/mol. The van der Waals surface area contributed by atoms with E-state index >= 15 is 0 Å². The van der Waals surface area contributed by atoms with Crippen molar-refractivity contribution in [1.82, 2.24) is 0 Å². The molecule has 1 aliphatic rings. The summed E-state index contributed by atoms with van der Waals surface area (Å²) in [6.07, 6.45) is 2.96. The maximum Gasteiger partial charge on any atom is 0.189 e. The van der Waals surface area contributed by atoms with Gasteiger partial charge in [-0.1, -0.05) is 41.9 Å². The van der Waals surface area contributed by atoms with Gasteiger partial charge < -0.3 is 14.2 Å². The summed E-state index contributed by atoms with van der Waals surface area (Å²) >= 11 is 6.16. The molecule has 1 aliphatic heterocycles. The van der Waals surface area contributed by atoms with Crippen LogP contribution in [0.4, 0.5) is 4.39 Å². The number of hydrogen-bond acceptors (Lipinski definition) is 4. The van der Waals surface area contributed by atoms with Crippen LogP contribution in [0, 0.1) is 5.82 Å². The van der Waals surface area contributed by atoms with E-state index in [2.05, 4.69) is 0 Å². The average molecular weight is 425 g/mol. The second kappa shape index (κ2) is 9.11. The quantitative estimate of drug-likeness (QED) is 0.369. The molecule has 1 heterocycles. The first-order valence-corrected chi connectivity index (χ1v) is 9.69. The summed E-state index contributed by atoms with van der Waals surface area (Å²) in [6.45, 7) is 0.781. The molecule has 0 atom stereocenters. The van der Waals surface area contributed by atoms with Crippen molar-refractivity contribution >= 4 is 23.5 Å². The van der Waals surface area contributed by atoms with Gasteiger partial charge in [0, 0.05) is 16.1 Å². The summed E-state index contributed by atoms with van der Waals surface area (Å²) in [6, 6.07) is 16.9. The topological polar surface area (TPSA) is 44.8 Å². The SMILES string of the molecule is O=C(C=Cc1cc(Cl)cc2c1OCOC2)c1cc(F)ccc1OCc1ccccc1. The van der Waals surface area contributed by atoms with E-state index in [0.29, 0.717) is 28.7 Å². The average Bonchev–Trinajstić information content (AvgIpc) is 2.77. The van der Waals surface area contributed by atoms with E-state index < -0.39 is 11.6 Å². The zero-order chi connectivity index (χ0) is 20.9. The molecule has 0 radical (unpaired) electrons. The first-order chi connectivity index (χ1) is 14.6. The Bertz CT molecular complexity index is 1100. The third kappa shape index (κ3) is 4.70. The van der Waals surface area contributed by atoms with E-state index in [1.165, 1.54) is 24.3 Å². The van der Waals surface area contributed by atoms with Crippen LogP contribution in [0.15, 0.2) is 66.7 Å². The smallest absolute Gasteiger partial charge is 0.189 e. The monoisotopic (exact) mass is 424 g/mol. The molecule has 4 nitrogen and oxygen atoms in total. The van der Waals surface area contributed by atoms with Gasteiger partial charge in [-0.25, -0.2) is 4.39 Å². The summed E-state index contributed by atoms with van der Waals surface area (Å²) in [4.78, 5) is 12.8. The van der Waals surface area contributed by atoms with Gasteiger partial charge in [-0.2, -0.15) is 0 Å². The van der Waals surface area contributed by atoms with Crippen LogP contribution >= 0.6 is 11.6 Å². The Balaban J connectivity index is 1.58. The van der Waals surface area contributed by atoms with Crippen LogP contribution in [-0.2, 0) is 18.0 Å². The number of allylic oxidation sites excluding steroid dienone is 1. The normalized spacial score (nSPS) is 13.0. The van der Waals surface area contributed by atoms with Gasteiger partial charge in [0.05, 0.1) is 12.2 Å². The van der Waals surface area contributed by atoms with E-state index in [9.17, 15) is 9.18 Å². The Morgan fingerprint density at radius 1 is 1.13 bits per heavy atom. The van der Waals surface area contributed by atoms with Crippen LogP contribution < -0.4 is 9.47 Å². The van der Waals surface area contributed by atoms with Crippen LogP contribution in [0.5, 0.6) is 11.5 Å². The Morgan fingerprint density at radius 3 is 2.80 bits per heavy atom. The van der Waals surface area contributed by atoms with Crippen molar-refractivity contribution in [2.45, 2.75) is 13.2 Å². The Labute approximate surface area is 178 Å². The van der Waals surface area contributed by atoms with Gasteiger partial charge >= 0.3 is 0 Å². The molecule has 3 aromatic rings. The van der Waals surface area contributed by atoms with Gasteiger partial charge in [0.1, 0.15) is 23.9 Å². The van der Waals surface area contributed by atoms with Crippen molar-refractivity contribution in [3.05, 3.63) is 99.8 Å². The number of rotatable bonds is 6. The van der Waals surface area contributed by atoms with E-state index in [0.717, 1.165) is 11.1 Å². The number of hydrogen-bond donors (Lipinski definition) is 0. The lowest BCUT2D eigenvalue weighted by Crippen LogP contribution is -2.12. The highest BCUT2D eigenvalue weighted by molar-refractivity contribution is 6.30. The highest BCUT2D eigenvalue weighted by Crippen LogP contribution is 2.32. The highest BCUT2D eigenvalue weighted by Gasteiger charge is 2.16. The number of benzene rings is 3. The molecule has 0 saturated heterocycles. The third-order valence-corrected chi connectivity index (χ3v) is 4.78. The molecule has 0 unspecified atom stereocenters. The van der Waals surface area contributed by atoms with Crippen LogP contribution in [0.2, 0.25) is 5.02 Å². The summed E-state index contributed by atoms with van der Waals surface area (Å²) in [5, 5.41) is 0.507. The molecule has 0 aromatic heterocycles. The molecule has 0 amide bonds. The van der Waals surface area contributed by atoms with Gasteiger partial charge in [-0.05, 0) is 48.0 Å². The van der Waals surface area contributed by atoms with Gasteiger partial charge in [0.25, 0.3) is 0 Å². The molecule has 0 N–H and O–H groups in total. The Morgan fingerprint density at radius 2 is 1.97 bits per heavy atom. The van der Waals surface area contributed by atoms with E-state index in [-0.39, 0.29) is 19.0 Å². The second-order valence-corrected chi connectivity index (χ2v) is 7.14. The standard InChI is InChI=1S/C24H18ClFO4/c25-19-10-17(24-18(11-19)14-28-15-30-24)6-8-22(27)21-12-20(26)7-9-23(21)29-13-16-4-2-1-3-5-16/h1-12H,13-15H2. The lowest BCUT2D eigenvalue weighted by Gasteiger charge is -2.19. The van der Waals surface area contributed by atoms with E-state index in [4.69, 9.17) is 25.8 Å². The lowest BCUT2D eigenvalue weighted by atomic mass is 10.0. The fourth-order valence-electron chi connectivity index (χ4n) is 3.14. The van der Waals surface area contributed by atoms with Gasteiger partial charge in [0.2, 0.25) is 0 Å². The number of halogens is 2. The first-order valence-electron chi connectivity index (χ1n) is 9.32. The molecule has 0 fully saturated rings. The number of fused-ring (bicyclic) bond motifs is 1. The Kier molecular flexibility index (Phi) is 6.12. The zero-order valence-electron chi connectivity index (χ0n) is 15.9. The molecule has 3 aromatic carbocycles. The molecule has 0 bridgehead atoms. The molecular weight excluding hydrogens is 407 g/mol. The number of ketones is 1. The van der Waals surface area contributed by atoms with Crippen molar-refractivity contribution in [2.75, 3.05) is 6.79 Å². The second-order valence-electron chi connectivity index (χ2n) is 6.71. The van der Waals surface area contributed by atoms with Gasteiger partial charge in [0.15, 0.2) is 12.6 Å². The van der Waals surface area contributed by atoms with Crippen molar-refractivity contribution in [3.63, 3.8) is 0 Å². The van der Waals surface area contributed by atoms with Crippen LogP contribution in [0.1, 0.15) is 27.0 Å². The zero-order valence-corrected chi connectivity index (χ0v) is 16.7. The van der Waals surface area contributed by atoms with Crippen molar-refractivity contribution < 1.29 is 23.4 Å². The number of carbonyl (C=O) groups excluding carboxylic acids is 1. The van der Waals surface area contributed by atoms with Crippen molar-refractivity contribution in [2.24, 2.45) is 0 Å². The molecule has 152 valence electrons. The molecule has 6 heteroatoms. The summed E-state index contributed by atoms with van der Waals surface area (Å²) in [7, 11) is 0. The maximum atomic E-state index is 13.8. The molecule has 0 aliphatic carbocycles. The molecule has 0 saturated carbocycles. The third-order valence-electron chi connectivity index (χ3n) is 4.56. The molecule has 0 spiro atoms. The maximum absolute atomic E-state index is 13.8. The molecule has 30 heavy (non-hydrogen) atoms. The summed E-state index contributed by atoms with van der Waals surface area (Å²) in [5.41, 5.74) is 2.54. The van der Waals surface area contributed by atoms with Gasteiger partial charge in [-0.3, -0.25) is 4.79 Å². The number of ether oxygens (including phenoxy) is 3. The van der Waals surface area contributed by atoms with E-state index in [1.807, 2.05) is 30.3 Å². The van der Waals surface area contributed by atoms with Crippen LogP contribution in [0.3, 0.4) is 0 Å². The fourth-order valence-corrected chi connectivity index (χ4v) is 3.39. The van der Waals surface area contributed by atoms with E-state index in [1.54, 1.807) is 18.2 Å². The molecule has 4 rings (SSSR count). The summed E-state index contributed by atoms with van der Waals surface area (Å²) in [5.74, 6) is 0.0277. The minimum Gasteiger partial charge on any atom is -0.488 e. The Hall–Kier alpha value is -3.15.